The third-order valence-electron chi connectivity index (χ3n) is 6.70. The summed E-state index contributed by atoms with van der Waals surface area (Å²) in [5.74, 6) is 2.42. The zero-order valence-electron chi connectivity index (χ0n) is 20.1. The highest BCUT2D eigenvalue weighted by atomic mass is 127. The van der Waals surface area contributed by atoms with Gasteiger partial charge in [-0.25, -0.2) is 14.4 Å². The lowest BCUT2D eigenvalue weighted by atomic mass is 10.1. The summed E-state index contributed by atoms with van der Waals surface area (Å²) in [6.07, 6.45) is 1.87. The Balaban J connectivity index is 1.47. The first-order valence-corrected chi connectivity index (χ1v) is 13.6. The second-order valence-electron chi connectivity index (χ2n) is 9.14. The zero-order valence-corrected chi connectivity index (χ0v) is 22.2. The number of rotatable bonds is 5. The van der Waals surface area contributed by atoms with Crippen LogP contribution in [0.1, 0.15) is 19.4 Å². The summed E-state index contributed by atoms with van der Waals surface area (Å²) >= 11 is 2.40. The number of hydrogen-bond acceptors (Lipinski definition) is 7. The van der Waals surface area contributed by atoms with E-state index in [1.54, 1.807) is 12.1 Å². The first-order valence-electron chi connectivity index (χ1n) is 12.0. The molecule has 2 aliphatic rings. The zero-order chi connectivity index (χ0) is 24.4. The molecule has 2 aromatic heterocycles. The lowest BCUT2D eigenvalue weighted by Crippen LogP contribution is -2.53. The quantitative estimate of drug-likeness (QED) is 0.320. The van der Waals surface area contributed by atoms with Gasteiger partial charge < -0.3 is 19.4 Å². The minimum absolute atomic E-state index is 0.185. The fraction of sp³-hybridized carbons (Fsp3) is 0.423. The molecule has 0 bridgehead atoms. The van der Waals surface area contributed by atoms with Crippen LogP contribution in [0.4, 0.5) is 22.0 Å². The number of alkyl halides is 1. The van der Waals surface area contributed by atoms with Gasteiger partial charge in [0.05, 0.1) is 24.9 Å². The van der Waals surface area contributed by atoms with Gasteiger partial charge in [-0.15, -0.1) is 0 Å². The molecule has 0 N–H and O–H groups in total. The van der Waals surface area contributed by atoms with E-state index in [-0.39, 0.29) is 17.9 Å². The highest BCUT2D eigenvalue weighted by Crippen LogP contribution is 2.30. The number of pyridine rings is 1. The van der Waals surface area contributed by atoms with Crippen molar-refractivity contribution < 1.29 is 9.13 Å². The second kappa shape index (κ2) is 10.6. The van der Waals surface area contributed by atoms with Crippen molar-refractivity contribution in [3.05, 3.63) is 60.0 Å². The molecule has 2 fully saturated rings. The van der Waals surface area contributed by atoms with Crippen molar-refractivity contribution in [1.82, 2.24) is 15.0 Å². The number of morpholine rings is 1. The summed E-state index contributed by atoms with van der Waals surface area (Å²) in [4.78, 5) is 21.6. The van der Waals surface area contributed by atoms with Crippen LogP contribution in [0.5, 0.6) is 0 Å². The van der Waals surface area contributed by atoms with Crippen molar-refractivity contribution in [2.24, 2.45) is 0 Å². The number of hydrogen-bond donors (Lipinski definition) is 0. The minimum Gasteiger partial charge on any atom is -0.377 e. The summed E-state index contributed by atoms with van der Waals surface area (Å²) in [6, 6.07) is 13.1. The van der Waals surface area contributed by atoms with Crippen LogP contribution in [0.15, 0.2) is 48.7 Å². The maximum absolute atomic E-state index is 13.6. The Bertz CT molecular complexity index is 1160. The predicted molar refractivity (Wildman–Crippen MR) is 146 cm³/mol. The van der Waals surface area contributed by atoms with Crippen LogP contribution in [0.2, 0.25) is 0 Å². The van der Waals surface area contributed by atoms with E-state index < -0.39 is 0 Å². The fourth-order valence-electron chi connectivity index (χ4n) is 4.80. The van der Waals surface area contributed by atoms with E-state index in [1.165, 1.54) is 17.7 Å². The number of aromatic nitrogens is 3. The number of halogens is 2. The summed E-state index contributed by atoms with van der Waals surface area (Å²) in [5.41, 5.74) is 2.94. The molecule has 184 valence electrons. The van der Waals surface area contributed by atoms with Gasteiger partial charge >= 0.3 is 0 Å². The molecule has 0 spiro atoms. The summed E-state index contributed by atoms with van der Waals surface area (Å²) in [5, 5.41) is 0. The van der Waals surface area contributed by atoms with E-state index in [4.69, 9.17) is 14.7 Å². The number of nitrogens with zero attached hydrogens (tertiary/aromatic N) is 6. The van der Waals surface area contributed by atoms with Crippen LogP contribution in [-0.2, 0) is 9.16 Å². The molecule has 0 amide bonds. The molecular weight excluding hydrogens is 558 g/mol. The molecule has 7 nitrogen and oxygen atoms in total. The van der Waals surface area contributed by atoms with Crippen molar-refractivity contribution in [3.8, 4) is 11.3 Å². The first-order chi connectivity index (χ1) is 17.0. The van der Waals surface area contributed by atoms with Crippen LogP contribution < -0.4 is 14.7 Å². The fourth-order valence-corrected chi connectivity index (χ4v) is 5.40. The number of ether oxygens (including phenoxy) is 1. The lowest BCUT2D eigenvalue weighted by Gasteiger charge is -2.42. The van der Waals surface area contributed by atoms with E-state index in [0.717, 1.165) is 53.5 Å². The van der Waals surface area contributed by atoms with E-state index in [1.807, 2.05) is 18.3 Å². The van der Waals surface area contributed by atoms with Crippen molar-refractivity contribution in [3.63, 3.8) is 0 Å². The van der Waals surface area contributed by atoms with Gasteiger partial charge in [-0.05, 0) is 44.2 Å². The molecule has 2 saturated heterocycles. The van der Waals surface area contributed by atoms with Crippen LogP contribution in [0.3, 0.4) is 0 Å². The average Bonchev–Trinajstić information content (AvgIpc) is 2.89. The van der Waals surface area contributed by atoms with Gasteiger partial charge in [-0.2, -0.15) is 4.98 Å². The predicted octanol–water partition coefficient (Wildman–Crippen LogP) is 4.55. The van der Waals surface area contributed by atoms with Gasteiger partial charge in [-0.1, -0.05) is 28.7 Å². The van der Waals surface area contributed by atoms with Crippen LogP contribution in [-0.4, -0.2) is 66.4 Å². The monoisotopic (exact) mass is 588 g/mol. The molecule has 0 aliphatic carbocycles. The minimum atomic E-state index is -0.254. The van der Waals surface area contributed by atoms with E-state index in [2.05, 4.69) is 62.2 Å². The molecule has 35 heavy (non-hydrogen) atoms. The Morgan fingerprint density at radius 1 is 1.03 bits per heavy atom. The standard InChI is InChI=1S/C26H30FIN6O/c1-18-16-32(25-21(15-28)4-3-9-29-25)10-11-33(18)24-14-23(20-5-7-22(27)8-6-20)30-26(31-24)34-12-13-35-17-19(34)2/h3-9,14,18-19H,10-13,15-17H2,1-2H3/t18-,19-/m1/s1. The van der Waals surface area contributed by atoms with Crippen molar-refractivity contribution >= 4 is 40.2 Å². The van der Waals surface area contributed by atoms with Gasteiger partial charge in [0.2, 0.25) is 5.95 Å². The summed E-state index contributed by atoms with van der Waals surface area (Å²) < 4.78 is 20.2. The van der Waals surface area contributed by atoms with Crippen LogP contribution in [0.25, 0.3) is 11.3 Å². The van der Waals surface area contributed by atoms with Gasteiger partial charge in [0.25, 0.3) is 0 Å². The summed E-state index contributed by atoms with van der Waals surface area (Å²) in [6.45, 7) is 8.97. The molecule has 0 saturated carbocycles. The maximum atomic E-state index is 13.6. The molecule has 9 heteroatoms. The Morgan fingerprint density at radius 2 is 1.86 bits per heavy atom. The Hall–Kier alpha value is -2.53. The molecule has 1 aromatic carbocycles. The largest absolute Gasteiger partial charge is 0.377 e. The van der Waals surface area contributed by atoms with Crippen molar-refractivity contribution in [1.29, 1.82) is 0 Å². The molecule has 3 aromatic rings. The molecule has 0 unspecified atom stereocenters. The van der Waals surface area contributed by atoms with Crippen molar-refractivity contribution in [2.75, 3.05) is 54.1 Å². The highest BCUT2D eigenvalue weighted by Gasteiger charge is 2.29. The van der Waals surface area contributed by atoms with Crippen LogP contribution in [0, 0.1) is 5.82 Å². The maximum Gasteiger partial charge on any atom is 0.228 e. The van der Waals surface area contributed by atoms with E-state index in [0.29, 0.717) is 19.2 Å². The van der Waals surface area contributed by atoms with Crippen LogP contribution >= 0.6 is 22.6 Å². The Labute approximate surface area is 219 Å². The number of benzene rings is 1. The SMILES string of the molecule is C[C@@H]1CN(c2ncccc2CI)CCN1c1cc(-c2ccc(F)cc2)nc(N2CCOC[C@H]2C)n1. The van der Waals surface area contributed by atoms with Gasteiger partial charge in [0, 0.05) is 60.0 Å². The summed E-state index contributed by atoms with van der Waals surface area (Å²) in [7, 11) is 0. The second-order valence-corrected chi connectivity index (χ2v) is 9.91. The van der Waals surface area contributed by atoms with E-state index in [9.17, 15) is 4.39 Å². The van der Waals surface area contributed by atoms with Gasteiger partial charge in [0.1, 0.15) is 17.5 Å². The lowest BCUT2D eigenvalue weighted by molar-refractivity contribution is 0.0981. The Morgan fingerprint density at radius 3 is 2.60 bits per heavy atom. The molecule has 4 heterocycles. The molecule has 2 atom stereocenters. The number of anilines is 3. The molecular formula is C26H30FIN6O. The average molecular weight is 588 g/mol. The third-order valence-corrected chi connectivity index (χ3v) is 7.52. The molecule has 2 aliphatic heterocycles. The van der Waals surface area contributed by atoms with E-state index >= 15 is 0 Å². The number of piperazine rings is 1. The van der Waals surface area contributed by atoms with Gasteiger partial charge in [0.15, 0.2) is 0 Å². The molecule has 5 rings (SSSR count). The van der Waals surface area contributed by atoms with Crippen molar-refractivity contribution in [2.45, 2.75) is 30.4 Å². The topological polar surface area (TPSA) is 57.6 Å². The third kappa shape index (κ3) is 5.20. The highest BCUT2D eigenvalue weighted by molar-refractivity contribution is 14.1. The smallest absolute Gasteiger partial charge is 0.228 e. The van der Waals surface area contributed by atoms with Gasteiger partial charge in [-0.3, -0.25) is 0 Å². The molecule has 0 radical (unpaired) electrons. The normalized spacial score (nSPS) is 20.9. The Kier molecular flexibility index (Phi) is 7.33. The first kappa shape index (κ1) is 24.2.